The third kappa shape index (κ3) is 4.22. The minimum Gasteiger partial charge on any atom is -0.508 e. The normalized spacial score (nSPS) is 15.5. The van der Waals surface area contributed by atoms with E-state index in [0.717, 1.165) is 5.56 Å². The number of benzene rings is 2. The van der Waals surface area contributed by atoms with Crippen LogP contribution in [-0.2, 0) is 9.53 Å². The molecule has 1 aliphatic heterocycles. The minimum absolute atomic E-state index is 0.141. The molecule has 0 spiro atoms. The number of phenols is 1. The van der Waals surface area contributed by atoms with E-state index in [0.29, 0.717) is 32.1 Å². The van der Waals surface area contributed by atoms with Gasteiger partial charge in [-0.25, -0.2) is 9.79 Å². The number of nitrogens with zero attached hydrogens (tertiary/aromatic N) is 2. The lowest BCUT2D eigenvalue weighted by Crippen LogP contribution is -2.39. The van der Waals surface area contributed by atoms with Crippen LogP contribution in [0.1, 0.15) is 31.0 Å². The van der Waals surface area contributed by atoms with E-state index in [4.69, 9.17) is 14.2 Å². The third-order valence-corrected chi connectivity index (χ3v) is 6.41. The number of rotatable bonds is 6. The molecule has 0 amide bonds. The van der Waals surface area contributed by atoms with E-state index in [1.165, 1.54) is 30.1 Å². The van der Waals surface area contributed by atoms with Crippen LogP contribution in [0.3, 0.4) is 0 Å². The molecule has 176 valence electrons. The molecule has 1 atom stereocenters. The van der Waals surface area contributed by atoms with Crippen molar-refractivity contribution in [3.8, 4) is 17.2 Å². The van der Waals surface area contributed by atoms with Gasteiger partial charge < -0.3 is 19.3 Å². The van der Waals surface area contributed by atoms with E-state index in [1.807, 2.05) is 0 Å². The first kappa shape index (κ1) is 23.3. The number of methoxy groups -OCH3 is 2. The van der Waals surface area contributed by atoms with Gasteiger partial charge in [-0.15, -0.1) is 0 Å². The highest BCUT2D eigenvalue weighted by Crippen LogP contribution is 2.36. The summed E-state index contributed by atoms with van der Waals surface area (Å²) in [5.74, 6) is 0.617. The molecular formula is C25H24N2O6S. The largest absolute Gasteiger partial charge is 0.508 e. The number of carbonyl (C=O) groups is 1. The Hall–Kier alpha value is -3.85. The highest BCUT2D eigenvalue weighted by atomic mass is 32.1. The number of hydrogen-bond donors (Lipinski definition) is 1. The number of phenolic OH excluding ortho intramolecular Hbond substituents is 1. The number of carbonyl (C=O) groups excluding carboxylic acids is 1. The number of thiazole rings is 1. The second-order valence-electron chi connectivity index (χ2n) is 7.51. The van der Waals surface area contributed by atoms with Crippen molar-refractivity contribution in [2.45, 2.75) is 19.9 Å². The van der Waals surface area contributed by atoms with E-state index in [-0.39, 0.29) is 23.5 Å². The summed E-state index contributed by atoms with van der Waals surface area (Å²) in [6.45, 7) is 3.66. The van der Waals surface area contributed by atoms with Gasteiger partial charge in [-0.3, -0.25) is 9.36 Å². The van der Waals surface area contributed by atoms with Crippen molar-refractivity contribution in [1.82, 2.24) is 4.57 Å². The van der Waals surface area contributed by atoms with Crippen molar-refractivity contribution < 1.29 is 24.1 Å². The molecule has 0 fully saturated rings. The predicted octanol–water partition coefficient (Wildman–Crippen LogP) is 2.52. The van der Waals surface area contributed by atoms with Crippen molar-refractivity contribution >= 4 is 23.4 Å². The number of fused-ring (bicyclic) bond motifs is 1. The first-order chi connectivity index (χ1) is 16.4. The standard InChI is InChI=1S/C25H24N2O6S/c1-5-33-24(30)21-14(2)26-25-27(22(21)16-8-11-18(31-3)19(13-16)32-4)23(29)20(34-25)12-15-6-9-17(28)10-7-15/h6-13,22,28H,5H2,1-4H3/b20-12-/t22-/m0/s1. The molecule has 0 saturated heterocycles. The predicted molar refractivity (Wildman–Crippen MR) is 128 cm³/mol. The second-order valence-corrected chi connectivity index (χ2v) is 8.52. The monoisotopic (exact) mass is 480 g/mol. The van der Waals surface area contributed by atoms with Gasteiger partial charge in [-0.1, -0.05) is 29.5 Å². The minimum atomic E-state index is -0.753. The van der Waals surface area contributed by atoms with Gasteiger partial charge in [0.1, 0.15) is 5.75 Å². The van der Waals surface area contributed by atoms with Crippen molar-refractivity contribution in [3.63, 3.8) is 0 Å². The smallest absolute Gasteiger partial charge is 0.338 e. The molecule has 0 unspecified atom stereocenters. The highest BCUT2D eigenvalue weighted by molar-refractivity contribution is 7.07. The Morgan fingerprint density at radius 1 is 1.15 bits per heavy atom. The van der Waals surface area contributed by atoms with Crippen LogP contribution < -0.4 is 24.4 Å². The second kappa shape index (κ2) is 9.56. The summed E-state index contributed by atoms with van der Waals surface area (Å²) in [7, 11) is 3.07. The van der Waals surface area contributed by atoms with Crippen molar-refractivity contribution in [2.24, 2.45) is 4.99 Å². The summed E-state index contributed by atoms with van der Waals surface area (Å²) in [6, 6.07) is 11.1. The third-order valence-electron chi connectivity index (χ3n) is 5.43. The lowest BCUT2D eigenvalue weighted by atomic mass is 9.95. The molecule has 34 heavy (non-hydrogen) atoms. The van der Waals surface area contributed by atoms with Gasteiger partial charge in [0.2, 0.25) is 0 Å². The van der Waals surface area contributed by atoms with Gasteiger partial charge in [0.15, 0.2) is 16.3 Å². The molecule has 4 rings (SSSR count). The number of aromatic hydroxyl groups is 1. The average molecular weight is 481 g/mol. The maximum Gasteiger partial charge on any atom is 0.338 e. The Kier molecular flexibility index (Phi) is 6.56. The first-order valence-electron chi connectivity index (χ1n) is 10.6. The number of allylic oxidation sites excluding steroid dienone is 1. The Morgan fingerprint density at radius 2 is 1.85 bits per heavy atom. The van der Waals surface area contributed by atoms with Crippen LogP contribution in [0.5, 0.6) is 17.2 Å². The van der Waals surface area contributed by atoms with E-state index in [2.05, 4.69) is 4.99 Å². The summed E-state index contributed by atoms with van der Waals surface area (Å²) in [5.41, 5.74) is 1.90. The Bertz CT molecular complexity index is 1450. The summed E-state index contributed by atoms with van der Waals surface area (Å²) in [4.78, 5) is 31.6. The van der Waals surface area contributed by atoms with Crippen LogP contribution in [0.2, 0.25) is 0 Å². The number of ether oxygens (including phenoxy) is 3. The van der Waals surface area contributed by atoms with Crippen LogP contribution in [-0.4, -0.2) is 36.5 Å². The van der Waals surface area contributed by atoms with Crippen LogP contribution in [0.4, 0.5) is 0 Å². The molecular weight excluding hydrogens is 456 g/mol. The van der Waals surface area contributed by atoms with Gasteiger partial charge in [-0.2, -0.15) is 0 Å². The topological polar surface area (TPSA) is 99.4 Å². The zero-order valence-electron chi connectivity index (χ0n) is 19.2. The zero-order valence-corrected chi connectivity index (χ0v) is 20.0. The molecule has 3 aromatic rings. The van der Waals surface area contributed by atoms with Crippen LogP contribution in [0.15, 0.2) is 63.5 Å². The fourth-order valence-electron chi connectivity index (χ4n) is 3.85. The van der Waals surface area contributed by atoms with E-state index in [1.54, 1.807) is 62.4 Å². The average Bonchev–Trinajstić information content (AvgIpc) is 3.13. The van der Waals surface area contributed by atoms with Crippen LogP contribution >= 0.6 is 11.3 Å². The van der Waals surface area contributed by atoms with E-state index >= 15 is 0 Å². The van der Waals surface area contributed by atoms with Gasteiger partial charge in [0.25, 0.3) is 5.56 Å². The molecule has 1 aliphatic rings. The fraction of sp³-hybridized carbons (Fsp3) is 0.240. The molecule has 8 nitrogen and oxygen atoms in total. The number of aromatic nitrogens is 1. The molecule has 1 N–H and O–H groups in total. The van der Waals surface area contributed by atoms with Crippen molar-refractivity contribution in [2.75, 3.05) is 20.8 Å². The number of esters is 1. The van der Waals surface area contributed by atoms with E-state index in [9.17, 15) is 14.7 Å². The fourth-order valence-corrected chi connectivity index (χ4v) is 4.90. The molecule has 0 aliphatic carbocycles. The summed E-state index contributed by atoms with van der Waals surface area (Å²) in [6.07, 6.45) is 1.73. The Labute approximate surface area is 199 Å². The first-order valence-corrected chi connectivity index (χ1v) is 11.4. The van der Waals surface area contributed by atoms with Gasteiger partial charge >= 0.3 is 5.97 Å². The molecule has 0 bridgehead atoms. The zero-order chi connectivity index (χ0) is 24.4. The van der Waals surface area contributed by atoms with Gasteiger partial charge in [0, 0.05) is 0 Å². The maximum atomic E-state index is 13.6. The number of hydrogen-bond acceptors (Lipinski definition) is 8. The van der Waals surface area contributed by atoms with Gasteiger partial charge in [0.05, 0.1) is 42.7 Å². The molecule has 2 aromatic carbocycles. The lowest BCUT2D eigenvalue weighted by molar-refractivity contribution is -0.139. The van der Waals surface area contributed by atoms with Crippen LogP contribution in [0.25, 0.3) is 6.08 Å². The molecule has 0 saturated carbocycles. The van der Waals surface area contributed by atoms with Crippen molar-refractivity contribution in [3.05, 3.63) is 84.5 Å². The SMILES string of the molecule is CCOC(=O)C1=C(C)N=c2s/c(=C\c3ccc(O)cc3)c(=O)n2[C@H]1c1ccc(OC)c(OC)c1. The van der Waals surface area contributed by atoms with Gasteiger partial charge in [-0.05, 0) is 55.3 Å². The van der Waals surface area contributed by atoms with Crippen molar-refractivity contribution in [1.29, 1.82) is 0 Å². The quantitative estimate of drug-likeness (QED) is 0.545. The maximum absolute atomic E-state index is 13.6. The molecule has 2 heterocycles. The summed E-state index contributed by atoms with van der Waals surface area (Å²) < 4.78 is 18.1. The highest BCUT2D eigenvalue weighted by Gasteiger charge is 2.33. The molecule has 1 aromatic heterocycles. The molecule has 9 heteroatoms. The Morgan fingerprint density at radius 3 is 2.50 bits per heavy atom. The Balaban J connectivity index is 1.96. The lowest BCUT2D eigenvalue weighted by Gasteiger charge is -2.25. The summed E-state index contributed by atoms with van der Waals surface area (Å²) >= 11 is 1.23. The molecule has 0 radical (unpaired) electrons. The van der Waals surface area contributed by atoms with Crippen LogP contribution in [0, 0.1) is 0 Å². The summed E-state index contributed by atoms with van der Waals surface area (Å²) in [5, 5.41) is 9.54. The van der Waals surface area contributed by atoms with E-state index < -0.39 is 12.0 Å².